The van der Waals surface area contributed by atoms with Crippen molar-refractivity contribution >= 4 is 22.6 Å². The Labute approximate surface area is 351 Å². The maximum atomic E-state index is 6.97. The smallest absolute Gasteiger partial charge is 0.172 e. The van der Waals surface area contributed by atoms with Crippen LogP contribution in [0.4, 0.5) is 17.1 Å². The number of fused-ring (bicyclic) bond motifs is 12. The van der Waals surface area contributed by atoms with E-state index in [0.29, 0.717) is 17.4 Å². The standard InChI is InChI=1S/C57H43NO2/c1-2-37-16-14-19-39(32-37)40-20-15-21-41(33-40)58(52-29-13-9-22-43(52)38-17-4-3-5-18-38)42-30-31-53-54(34-42)60-55-35-47-46-25-8-12-28-50(46)57(51(47)36-56(55)59-53)48-26-10-6-23-44(48)45-24-7-11-27-49(45)57/h4,6-23,25-36,45H,2-3,5,24H2,1H3. The largest absolute Gasteiger partial charge is 0.449 e. The highest BCUT2D eigenvalue weighted by Gasteiger charge is 2.55. The lowest BCUT2D eigenvalue weighted by atomic mass is 9.69. The molecule has 7 aromatic rings. The molecule has 4 aliphatic carbocycles. The lowest BCUT2D eigenvalue weighted by Crippen LogP contribution is -2.27. The van der Waals surface area contributed by atoms with Crippen molar-refractivity contribution in [1.82, 2.24) is 0 Å². The molecule has 2 atom stereocenters. The van der Waals surface area contributed by atoms with Gasteiger partial charge in [0.2, 0.25) is 0 Å². The first-order valence-corrected chi connectivity index (χ1v) is 21.4. The number of aryl methyl sites for hydroxylation is 1. The first-order chi connectivity index (χ1) is 29.7. The second kappa shape index (κ2) is 13.7. The van der Waals surface area contributed by atoms with Gasteiger partial charge in [0.25, 0.3) is 0 Å². The topological polar surface area (TPSA) is 21.7 Å². The number of ether oxygens (including phenoxy) is 2. The van der Waals surface area contributed by atoms with Crippen LogP contribution in [0.25, 0.3) is 27.8 Å². The summed E-state index contributed by atoms with van der Waals surface area (Å²) in [7, 11) is 0. The van der Waals surface area contributed by atoms with Crippen LogP contribution in [0.15, 0.2) is 194 Å². The summed E-state index contributed by atoms with van der Waals surface area (Å²) in [6.45, 7) is 2.21. The van der Waals surface area contributed by atoms with Crippen LogP contribution in [-0.4, -0.2) is 0 Å². The Bertz CT molecular complexity index is 3030. The number of rotatable bonds is 6. The monoisotopic (exact) mass is 773 g/mol. The van der Waals surface area contributed by atoms with Gasteiger partial charge in [-0.05, 0) is 129 Å². The van der Waals surface area contributed by atoms with Crippen molar-refractivity contribution in [3.63, 3.8) is 0 Å². The highest BCUT2D eigenvalue weighted by molar-refractivity contribution is 5.92. The molecule has 12 rings (SSSR count). The van der Waals surface area contributed by atoms with E-state index in [2.05, 4.69) is 200 Å². The fraction of sp³-hybridized carbons (Fsp3) is 0.123. The van der Waals surface area contributed by atoms with Crippen molar-refractivity contribution in [1.29, 1.82) is 0 Å². The van der Waals surface area contributed by atoms with Gasteiger partial charge in [0.1, 0.15) is 0 Å². The maximum Gasteiger partial charge on any atom is 0.172 e. The van der Waals surface area contributed by atoms with Crippen molar-refractivity contribution < 1.29 is 9.47 Å². The van der Waals surface area contributed by atoms with Gasteiger partial charge in [0.05, 0.1) is 16.8 Å². The van der Waals surface area contributed by atoms with Crippen LogP contribution in [0.1, 0.15) is 65.5 Å². The Morgan fingerprint density at radius 3 is 2.22 bits per heavy atom. The summed E-state index contributed by atoms with van der Waals surface area (Å²) in [4.78, 5) is 2.37. The van der Waals surface area contributed by atoms with Gasteiger partial charge in [0, 0.05) is 23.2 Å². The number of hydrogen-bond donors (Lipinski definition) is 0. The third-order valence-corrected chi connectivity index (χ3v) is 13.3. The highest BCUT2D eigenvalue weighted by Crippen LogP contribution is 2.66. The molecule has 1 heterocycles. The number of hydrogen-bond acceptors (Lipinski definition) is 3. The number of nitrogens with zero attached hydrogens (tertiary/aromatic N) is 1. The summed E-state index contributed by atoms with van der Waals surface area (Å²) in [5, 5.41) is 0. The summed E-state index contributed by atoms with van der Waals surface area (Å²) < 4.78 is 13.9. The lowest BCUT2D eigenvalue weighted by molar-refractivity contribution is 0.359. The van der Waals surface area contributed by atoms with E-state index >= 15 is 0 Å². The van der Waals surface area contributed by atoms with E-state index in [4.69, 9.17) is 9.47 Å². The zero-order valence-electron chi connectivity index (χ0n) is 33.6. The molecule has 7 aromatic carbocycles. The van der Waals surface area contributed by atoms with Gasteiger partial charge >= 0.3 is 0 Å². The molecule has 60 heavy (non-hydrogen) atoms. The van der Waals surface area contributed by atoms with Crippen LogP contribution in [-0.2, 0) is 11.8 Å². The van der Waals surface area contributed by atoms with E-state index in [-0.39, 0.29) is 5.41 Å². The summed E-state index contributed by atoms with van der Waals surface area (Å²) in [5.74, 6) is 3.22. The van der Waals surface area contributed by atoms with Crippen molar-refractivity contribution in [3.8, 4) is 45.3 Å². The Balaban J connectivity index is 0.991. The summed E-state index contributed by atoms with van der Waals surface area (Å²) in [6.07, 6.45) is 17.9. The molecule has 0 N–H and O–H groups in total. The quantitative estimate of drug-likeness (QED) is 0.168. The average molecular weight is 774 g/mol. The van der Waals surface area contributed by atoms with Crippen LogP contribution >= 0.6 is 0 Å². The molecule has 0 amide bonds. The fourth-order valence-electron chi connectivity index (χ4n) is 10.6. The van der Waals surface area contributed by atoms with Gasteiger partial charge in [-0.2, -0.15) is 0 Å². The van der Waals surface area contributed by atoms with E-state index < -0.39 is 0 Å². The predicted octanol–water partition coefficient (Wildman–Crippen LogP) is 15.3. The molecule has 3 nitrogen and oxygen atoms in total. The minimum absolute atomic E-state index is 0.346. The van der Waals surface area contributed by atoms with Crippen molar-refractivity contribution in [2.24, 2.45) is 0 Å². The summed E-state index contributed by atoms with van der Waals surface area (Å²) in [5.41, 5.74) is 18.2. The lowest BCUT2D eigenvalue weighted by Gasteiger charge is -2.33. The summed E-state index contributed by atoms with van der Waals surface area (Å²) in [6, 6.07) is 55.4. The molecule has 1 spiro atoms. The predicted molar refractivity (Wildman–Crippen MR) is 245 cm³/mol. The van der Waals surface area contributed by atoms with Gasteiger partial charge in [-0.25, -0.2) is 0 Å². The van der Waals surface area contributed by atoms with Gasteiger partial charge in [0.15, 0.2) is 23.0 Å². The Morgan fingerprint density at radius 2 is 1.33 bits per heavy atom. The van der Waals surface area contributed by atoms with Crippen LogP contribution in [0.2, 0.25) is 0 Å². The molecule has 288 valence electrons. The van der Waals surface area contributed by atoms with E-state index in [9.17, 15) is 0 Å². The van der Waals surface area contributed by atoms with Crippen LogP contribution in [0.5, 0.6) is 23.0 Å². The number of allylic oxidation sites excluding steroid dienone is 8. The summed E-state index contributed by atoms with van der Waals surface area (Å²) >= 11 is 0. The first-order valence-electron chi connectivity index (χ1n) is 21.4. The molecule has 0 bridgehead atoms. The van der Waals surface area contributed by atoms with Gasteiger partial charge in [-0.15, -0.1) is 0 Å². The normalized spacial score (nSPS) is 18.5. The van der Waals surface area contributed by atoms with Crippen molar-refractivity contribution in [2.75, 3.05) is 4.90 Å². The molecule has 0 aromatic heterocycles. The molecule has 5 aliphatic rings. The number of benzene rings is 7. The average Bonchev–Trinajstić information content (AvgIpc) is 3.77. The molecular weight excluding hydrogens is 731 g/mol. The van der Waals surface area contributed by atoms with Crippen LogP contribution < -0.4 is 14.4 Å². The van der Waals surface area contributed by atoms with Crippen molar-refractivity contribution in [2.45, 2.75) is 43.9 Å². The fourth-order valence-corrected chi connectivity index (χ4v) is 10.6. The number of anilines is 3. The zero-order chi connectivity index (χ0) is 39.8. The third-order valence-electron chi connectivity index (χ3n) is 13.3. The molecule has 2 unspecified atom stereocenters. The Kier molecular flexibility index (Phi) is 8.00. The van der Waals surface area contributed by atoms with E-state index in [1.807, 2.05) is 0 Å². The Morgan fingerprint density at radius 1 is 0.583 bits per heavy atom. The molecule has 0 fully saturated rings. The van der Waals surface area contributed by atoms with E-state index in [0.717, 1.165) is 54.2 Å². The Hall–Kier alpha value is -7.10. The van der Waals surface area contributed by atoms with Crippen LogP contribution in [0.3, 0.4) is 0 Å². The molecule has 3 heteroatoms. The molecule has 1 aliphatic heterocycles. The molecule has 0 saturated heterocycles. The van der Waals surface area contributed by atoms with Crippen molar-refractivity contribution in [3.05, 3.63) is 227 Å². The molecular formula is C57H43NO2. The second-order valence-corrected chi connectivity index (χ2v) is 16.5. The SMILES string of the molecule is CCc1cccc(-c2cccc(N(c3ccc4c(c3)Oc3cc5c(cc3O4)C3(C4=CC=CCC4c4ccccc43)c3ccccc3-5)c3ccccc3C3=CCCC=C3)c2)c1. The van der Waals surface area contributed by atoms with Gasteiger partial charge in [-0.1, -0.05) is 147 Å². The minimum atomic E-state index is -0.385. The van der Waals surface area contributed by atoms with E-state index in [1.54, 1.807) is 0 Å². The van der Waals surface area contributed by atoms with Gasteiger partial charge in [-0.3, -0.25) is 0 Å². The third kappa shape index (κ3) is 5.21. The van der Waals surface area contributed by atoms with E-state index in [1.165, 1.54) is 66.8 Å². The zero-order valence-corrected chi connectivity index (χ0v) is 33.6. The number of para-hydroxylation sites is 1. The first kappa shape index (κ1) is 34.9. The van der Waals surface area contributed by atoms with Crippen LogP contribution in [0, 0.1) is 0 Å². The molecule has 0 radical (unpaired) electrons. The maximum absolute atomic E-state index is 6.97. The second-order valence-electron chi connectivity index (χ2n) is 16.5. The minimum Gasteiger partial charge on any atom is -0.449 e. The molecule has 0 saturated carbocycles. The highest BCUT2D eigenvalue weighted by atomic mass is 16.6. The van der Waals surface area contributed by atoms with Gasteiger partial charge < -0.3 is 14.4 Å².